The van der Waals surface area contributed by atoms with E-state index in [1.807, 2.05) is 6.08 Å². The SMILES string of the molecule is CC/C=C\C/C=C\C/C=C\C/C=C\CCCCCCCCCCC(=O)NC(COC1OC(CO)C(OC2OC(CO)C(O)C(O)C2O)C(O)C1O)C(O)/C=C/CC/C=C/CC/C=C/CCCCCCCCC. The van der Waals surface area contributed by atoms with Crippen molar-refractivity contribution < 1.29 is 64.6 Å². The van der Waals surface area contributed by atoms with Gasteiger partial charge >= 0.3 is 0 Å². The van der Waals surface area contributed by atoms with Gasteiger partial charge in [0, 0.05) is 6.42 Å². The quantitative estimate of drug-likeness (QED) is 0.0207. The second kappa shape index (κ2) is 43.4. The molecule has 2 aliphatic rings. The van der Waals surface area contributed by atoms with E-state index in [9.17, 15) is 45.6 Å². The molecule has 12 atom stereocenters. The van der Waals surface area contributed by atoms with Gasteiger partial charge in [0.15, 0.2) is 12.6 Å². The Hall–Kier alpha value is -2.83. The van der Waals surface area contributed by atoms with Gasteiger partial charge in [0.25, 0.3) is 0 Å². The number of allylic oxidation sites excluding steroid dienone is 13. The average Bonchev–Trinajstić information content (AvgIpc) is 3.38. The van der Waals surface area contributed by atoms with Crippen molar-refractivity contribution in [2.45, 2.75) is 254 Å². The third-order valence-corrected chi connectivity index (χ3v) is 13.0. The van der Waals surface area contributed by atoms with Crippen molar-refractivity contribution in [2.75, 3.05) is 19.8 Å². The normalized spacial score (nSPS) is 26.2. The number of aliphatic hydroxyl groups is 8. The summed E-state index contributed by atoms with van der Waals surface area (Å²) < 4.78 is 22.7. The Morgan fingerprint density at radius 2 is 0.972 bits per heavy atom. The zero-order valence-corrected chi connectivity index (χ0v) is 44.1. The monoisotopic (exact) mass is 1020 g/mol. The van der Waals surface area contributed by atoms with E-state index in [0.717, 1.165) is 83.5 Å². The number of aliphatic hydroxyl groups excluding tert-OH is 8. The lowest BCUT2D eigenvalue weighted by Crippen LogP contribution is -2.65. The van der Waals surface area contributed by atoms with E-state index in [1.54, 1.807) is 6.08 Å². The molecule has 0 aromatic heterocycles. The molecule has 2 saturated heterocycles. The number of hydrogen-bond acceptors (Lipinski definition) is 13. The van der Waals surface area contributed by atoms with Crippen LogP contribution in [0.4, 0.5) is 0 Å². The maximum absolute atomic E-state index is 13.2. The molecule has 2 heterocycles. The highest BCUT2D eigenvalue weighted by atomic mass is 16.7. The Morgan fingerprint density at radius 3 is 1.53 bits per heavy atom. The van der Waals surface area contributed by atoms with Crippen LogP contribution in [0.25, 0.3) is 0 Å². The van der Waals surface area contributed by atoms with Crippen LogP contribution in [0, 0.1) is 0 Å². The lowest BCUT2D eigenvalue weighted by Gasteiger charge is -2.46. The molecule has 0 aromatic rings. The zero-order valence-electron chi connectivity index (χ0n) is 44.1. The highest BCUT2D eigenvalue weighted by Gasteiger charge is 2.51. The number of unbranched alkanes of at least 4 members (excludes halogenated alkanes) is 17. The van der Waals surface area contributed by atoms with Crippen molar-refractivity contribution in [1.29, 1.82) is 0 Å². The molecule has 72 heavy (non-hydrogen) atoms. The first-order chi connectivity index (χ1) is 35.1. The molecule has 414 valence electrons. The molecule has 14 heteroatoms. The Labute approximate surface area is 433 Å². The molecule has 12 unspecified atom stereocenters. The molecular formula is C58H99NO13. The number of carbonyl (C=O) groups excluding carboxylic acids is 1. The van der Waals surface area contributed by atoms with Gasteiger partial charge in [0.05, 0.1) is 32.0 Å². The van der Waals surface area contributed by atoms with Crippen molar-refractivity contribution in [3.05, 3.63) is 85.1 Å². The topological polar surface area (TPSA) is 228 Å². The largest absolute Gasteiger partial charge is 0.394 e. The standard InChI is InChI=1S/C58H99NO13/c1-3-5-7-9-11-13-15-17-19-21-22-23-24-26-28-30-32-34-36-38-40-42-50(63)59-46(47(62)41-39-37-35-33-31-29-27-25-20-18-16-14-12-10-8-6-4-2)45-69-57-55(68)53(66)56(49(44-61)71-57)72-58-54(67)52(65)51(64)48(43-60)70-58/h5,7,11,13,17,19-20,22-23,25,31,33,39,41,46-49,51-58,60-62,64-68H,3-4,6,8-10,12,14-16,18,21,24,26-30,32,34-38,40,42-45H2,1-2H3,(H,59,63)/b7-5-,13-11-,19-17-,23-22-,25-20+,33-31+,41-39+. The first-order valence-corrected chi connectivity index (χ1v) is 27.8. The Morgan fingerprint density at radius 1 is 0.514 bits per heavy atom. The van der Waals surface area contributed by atoms with Gasteiger partial charge in [0.1, 0.15) is 48.8 Å². The molecule has 2 fully saturated rings. The number of nitrogens with one attached hydrogen (secondary N) is 1. The van der Waals surface area contributed by atoms with Gasteiger partial charge in [-0.1, -0.05) is 176 Å². The molecule has 0 radical (unpaired) electrons. The van der Waals surface area contributed by atoms with Crippen molar-refractivity contribution in [1.82, 2.24) is 5.32 Å². The van der Waals surface area contributed by atoms with E-state index >= 15 is 0 Å². The third kappa shape index (κ3) is 29.3. The fourth-order valence-corrected chi connectivity index (χ4v) is 8.55. The van der Waals surface area contributed by atoms with Gasteiger partial charge in [-0.3, -0.25) is 4.79 Å². The number of rotatable bonds is 42. The van der Waals surface area contributed by atoms with Crippen LogP contribution in [0.5, 0.6) is 0 Å². The van der Waals surface area contributed by atoms with E-state index in [-0.39, 0.29) is 18.9 Å². The van der Waals surface area contributed by atoms with Crippen LogP contribution in [0.2, 0.25) is 0 Å². The van der Waals surface area contributed by atoms with E-state index in [0.29, 0.717) is 12.8 Å². The number of carbonyl (C=O) groups is 1. The minimum atomic E-state index is -1.80. The molecule has 0 spiro atoms. The molecular weight excluding hydrogens is 919 g/mol. The van der Waals surface area contributed by atoms with E-state index < -0.39 is 86.8 Å². The van der Waals surface area contributed by atoms with E-state index in [4.69, 9.17) is 18.9 Å². The van der Waals surface area contributed by atoms with Crippen LogP contribution in [0.15, 0.2) is 85.1 Å². The van der Waals surface area contributed by atoms with Crippen LogP contribution in [-0.4, -0.2) is 140 Å². The Balaban J connectivity index is 1.83. The molecule has 0 saturated carbocycles. The van der Waals surface area contributed by atoms with Gasteiger partial charge in [-0.25, -0.2) is 0 Å². The van der Waals surface area contributed by atoms with Gasteiger partial charge in [0.2, 0.25) is 5.91 Å². The summed E-state index contributed by atoms with van der Waals surface area (Å²) in [6.07, 6.45) is 40.4. The van der Waals surface area contributed by atoms with Gasteiger partial charge < -0.3 is 65.1 Å². The zero-order chi connectivity index (χ0) is 52.4. The van der Waals surface area contributed by atoms with Crippen molar-refractivity contribution >= 4 is 5.91 Å². The van der Waals surface area contributed by atoms with Crippen molar-refractivity contribution in [3.8, 4) is 0 Å². The summed E-state index contributed by atoms with van der Waals surface area (Å²) in [6, 6.07) is -0.947. The van der Waals surface area contributed by atoms with Gasteiger partial charge in [-0.2, -0.15) is 0 Å². The first-order valence-electron chi connectivity index (χ1n) is 27.8. The third-order valence-electron chi connectivity index (χ3n) is 13.0. The predicted molar refractivity (Wildman–Crippen MR) is 286 cm³/mol. The molecule has 14 nitrogen and oxygen atoms in total. The average molecular weight is 1020 g/mol. The number of amides is 1. The lowest BCUT2D eigenvalue weighted by atomic mass is 9.97. The molecule has 0 aromatic carbocycles. The fraction of sp³-hybridized carbons (Fsp3) is 0.741. The maximum atomic E-state index is 13.2. The summed E-state index contributed by atoms with van der Waals surface area (Å²) >= 11 is 0. The second-order valence-electron chi connectivity index (χ2n) is 19.3. The summed E-state index contributed by atoms with van der Waals surface area (Å²) in [7, 11) is 0. The fourth-order valence-electron chi connectivity index (χ4n) is 8.55. The smallest absolute Gasteiger partial charge is 0.220 e. The van der Waals surface area contributed by atoms with Crippen molar-refractivity contribution in [3.63, 3.8) is 0 Å². The summed E-state index contributed by atoms with van der Waals surface area (Å²) in [5, 5.41) is 86.9. The van der Waals surface area contributed by atoms with Gasteiger partial charge in [-0.05, 0) is 83.5 Å². The van der Waals surface area contributed by atoms with Gasteiger partial charge in [-0.15, -0.1) is 0 Å². The molecule has 1 amide bonds. The van der Waals surface area contributed by atoms with Crippen LogP contribution >= 0.6 is 0 Å². The van der Waals surface area contributed by atoms with E-state index in [1.165, 1.54) is 64.2 Å². The second-order valence-corrected chi connectivity index (χ2v) is 19.3. The molecule has 2 rings (SSSR count). The predicted octanol–water partition coefficient (Wildman–Crippen LogP) is 8.55. The summed E-state index contributed by atoms with van der Waals surface area (Å²) in [4.78, 5) is 13.2. The van der Waals surface area contributed by atoms with E-state index in [2.05, 4.69) is 92.1 Å². The Bertz CT molecular complexity index is 1530. The van der Waals surface area contributed by atoms with Crippen LogP contribution in [0.1, 0.15) is 181 Å². The maximum Gasteiger partial charge on any atom is 0.220 e. The number of ether oxygens (including phenoxy) is 4. The number of hydrogen-bond donors (Lipinski definition) is 9. The summed E-state index contributed by atoms with van der Waals surface area (Å²) in [5.74, 6) is -0.266. The minimum Gasteiger partial charge on any atom is -0.394 e. The summed E-state index contributed by atoms with van der Waals surface area (Å²) in [6.45, 7) is 2.63. The highest BCUT2D eigenvalue weighted by Crippen LogP contribution is 2.30. The highest BCUT2D eigenvalue weighted by molar-refractivity contribution is 5.76. The van der Waals surface area contributed by atoms with Crippen LogP contribution in [-0.2, 0) is 23.7 Å². The lowest BCUT2D eigenvalue weighted by molar-refractivity contribution is -0.359. The molecule has 2 aliphatic heterocycles. The molecule has 0 bridgehead atoms. The van der Waals surface area contributed by atoms with Crippen molar-refractivity contribution in [2.24, 2.45) is 0 Å². The molecule has 9 N–H and O–H groups in total. The summed E-state index contributed by atoms with van der Waals surface area (Å²) in [5.41, 5.74) is 0. The Kier molecular flexibility index (Phi) is 39.4. The van der Waals surface area contributed by atoms with Crippen LogP contribution < -0.4 is 5.32 Å². The molecule has 0 aliphatic carbocycles. The van der Waals surface area contributed by atoms with Crippen LogP contribution in [0.3, 0.4) is 0 Å². The first kappa shape index (κ1) is 65.3. The minimum absolute atomic E-state index is 0.256.